The van der Waals surface area contributed by atoms with Crippen molar-refractivity contribution in [2.45, 2.75) is 19.8 Å². The Balaban J connectivity index is 1.55. The summed E-state index contributed by atoms with van der Waals surface area (Å²) in [7, 11) is 3.85. The molecule has 0 radical (unpaired) electrons. The second-order valence-corrected chi connectivity index (χ2v) is 10.0. The van der Waals surface area contributed by atoms with Crippen LogP contribution in [-0.4, -0.2) is 42.2 Å². The van der Waals surface area contributed by atoms with Crippen molar-refractivity contribution in [3.05, 3.63) is 83.0 Å². The van der Waals surface area contributed by atoms with E-state index in [4.69, 9.17) is 22.7 Å². The lowest BCUT2D eigenvalue weighted by molar-refractivity contribution is 0.343. The summed E-state index contributed by atoms with van der Waals surface area (Å²) >= 11 is 7.27. The lowest BCUT2D eigenvalue weighted by Gasteiger charge is -2.24. The number of nitrogens with two attached hydrogens (primary N) is 1. The van der Waals surface area contributed by atoms with Crippen molar-refractivity contribution in [2.75, 3.05) is 32.1 Å². The molecule has 4 rings (SSSR count). The zero-order chi connectivity index (χ0) is 24.1. The molecule has 0 unspecified atom stereocenters. The number of aryl methyl sites for hydroxylation is 1. The molecule has 176 valence electrons. The van der Waals surface area contributed by atoms with E-state index in [9.17, 15) is 0 Å². The SMILES string of the molecule is COc1cccc(N(C(N)=S)c2ccc3sc(C)c(CCN(C)CCc4ccncc4)c3c2)c1. The Morgan fingerprint density at radius 3 is 2.50 bits per heavy atom. The Bertz CT molecular complexity index is 1270. The summed E-state index contributed by atoms with van der Waals surface area (Å²) < 4.78 is 6.68. The van der Waals surface area contributed by atoms with Crippen LogP contribution < -0.4 is 15.4 Å². The highest BCUT2D eigenvalue weighted by Gasteiger charge is 2.17. The number of ether oxygens (including phenoxy) is 1. The summed E-state index contributed by atoms with van der Waals surface area (Å²) in [6, 6.07) is 18.4. The molecule has 2 aromatic carbocycles. The van der Waals surface area contributed by atoms with Crippen molar-refractivity contribution in [3.63, 3.8) is 0 Å². The summed E-state index contributed by atoms with van der Waals surface area (Å²) in [4.78, 5) is 9.75. The van der Waals surface area contributed by atoms with Crippen molar-refractivity contribution in [1.29, 1.82) is 0 Å². The second-order valence-electron chi connectivity index (χ2n) is 8.35. The average Bonchev–Trinajstić information content (AvgIpc) is 3.16. The Kier molecular flexibility index (Phi) is 7.77. The molecule has 0 amide bonds. The van der Waals surface area contributed by atoms with Crippen LogP contribution in [0.1, 0.15) is 16.0 Å². The molecule has 0 fully saturated rings. The van der Waals surface area contributed by atoms with Crippen molar-refractivity contribution in [3.8, 4) is 5.75 Å². The number of aromatic nitrogens is 1. The van der Waals surface area contributed by atoms with Crippen LogP contribution in [0.3, 0.4) is 0 Å². The predicted octanol–water partition coefficient (Wildman–Crippen LogP) is 5.71. The number of pyridine rings is 1. The standard InChI is InChI=1S/C27H30N4OS2/c1-19-24(12-16-30(2)15-11-20-9-13-29-14-10-20)25-18-22(7-8-26(25)34-19)31(27(28)33)21-5-4-6-23(17-21)32-3/h4-10,13-14,17-18H,11-12,15-16H2,1-3H3,(H2,28,33). The molecule has 5 nitrogen and oxygen atoms in total. The highest BCUT2D eigenvalue weighted by molar-refractivity contribution is 7.80. The Labute approximate surface area is 210 Å². The Morgan fingerprint density at radius 1 is 1.03 bits per heavy atom. The largest absolute Gasteiger partial charge is 0.497 e. The van der Waals surface area contributed by atoms with Crippen LogP contribution >= 0.6 is 23.6 Å². The number of thiophene rings is 1. The van der Waals surface area contributed by atoms with E-state index in [1.54, 1.807) is 7.11 Å². The van der Waals surface area contributed by atoms with E-state index < -0.39 is 0 Å². The molecule has 0 aliphatic rings. The molecule has 0 bridgehead atoms. The van der Waals surface area contributed by atoms with E-state index in [2.05, 4.69) is 54.2 Å². The van der Waals surface area contributed by atoms with E-state index in [1.807, 2.05) is 52.9 Å². The summed E-state index contributed by atoms with van der Waals surface area (Å²) in [6.07, 6.45) is 5.73. The molecule has 4 aromatic rings. The molecule has 0 aliphatic carbocycles. The summed E-state index contributed by atoms with van der Waals surface area (Å²) in [6.45, 7) is 4.22. The number of anilines is 2. The van der Waals surface area contributed by atoms with Gasteiger partial charge in [-0.15, -0.1) is 11.3 Å². The summed E-state index contributed by atoms with van der Waals surface area (Å²) in [5.41, 5.74) is 10.7. The number of benzene rings is 2. The van der Waals surface area contributed by atoms with Gasteiger partial charge in [-0.1, -0.05) is 6.07 Å². The van der Waals surface area contributed by atoms with Gasteiger partial charge in [0.2, 0.25) is 0 Å². The van der Waals surface area contributed by atoms with Gasteiger partial charge >= 0.3 is 0 Å². The minimum atomic E-state index is 0.303. The smallest absolute Gasteiger partial charge is 0.175 e. The van der Waals surface area contributed by atoms with Gasteiger partial charge in [0, 0.05) is 46.8 Å². The fourth-order valence-corrected chi connectivity index (χ4v) is 5.45. The Morgan fingerprint density at radius 2 is 1.76 bits per heavy atom. The van der Waals surface area contributed by atoms with Gasteiger partial charge < -0.3 is 15.4 Å². The highest BCUT2D eigenvalue weighted by atomic mass is 32.1. The van der Waals surface area contributed by atoms with Gasteiger partial charge in [0.15, 0.2) is 5.11 Å². The maximum absolute atomic E-state index is 6.17. The molecule has 7 heteroatoms. The molecule has 0 atom stereocenters. The third-order valence-corrected chi connectivity index (χ3v) is 7.35. The van der Waals surface area contributed by atoms with Gasteiger partial charge in [0.05, 0.1) is 12.8 Å². The van der Waals surface area contributed by atoms with Crippen LogP contribution in [0, 0.1) is 6.92 Å². The van der Waals surface area contributed by atoms with Crippen LogP contribution in [0.15, 0.2) is 67.0 Å². The lowest BCUT2D eigenvalue weighted by atomic mass is 10.1. The molecular formula is C27H30N4OS2. The minimum Gasteiger partial charge on any atom is -0.497 e. The predicted molar refractivity (Wildman–Crippen MR) is 148 cm³/mol. The fraction of sp³-hybridized carbons (Fsp3) is 0.259. The van der Waals surface area contributed by atoms with Crippen LogP contribution in [0.5, 0.6) is 5.75 Å². The maximum Gasteiger partial charge on any atom is 0.175 e. The van der Waals surface area contributed by atoms with Crippen LogP contribution in [-0.2, 0) is 12.8 Å². The molecule has 34 heavy (non-hydrogen) atoms. The van der Waals surface area contributed by atoms with Crippen molar-refractivity contribution < 1.29 is 4.74 Å². The molecule has 0 saturated heterocycles. The summed E-state index contributed by atoms with van der Waals surface area (Å²) in [5.74, 6) is 0.765. The third kappa shape index (κ3) is 5.55. The number of nitrogens with zero attached hydrogens (tertiary/aromatic N) is 3. The van der Waals surface area contributed by atoms with Crippen molar-refractivity contribution in [1.82, 2.24) is 9.88 Å². The number of fused-ring (bicyclic) bond motifs is 1. The normalized spacial score (nSPS) is 11.2. The van der Waals surface area contributed by atoms with Crippen molar-refractivity contribution in [2.24, 2.45) is 5.73 Å². The second kappa shape index (κ2) is 11.0. The molecule has 2 aromatic heterocycles. The van der Waals surface area contributed by atoms with Gasteiger partial charge in [-0.2, -0.15) is 0 Å². The van der Waals surface area contributed by atoms with E-state index in [-0.39, 0.29) is 0 Å². The first kappa shape index (κ1) is 24.1. The summed E-state index contributed by atoms with van der Waals surface area (Å²) in [5, 5.41) is 1.57. The van der Waals surface area contributed by atoms with E-state index >= 15 is 0 Å². The third-order valence-electron chi connectivity index (χ3n) is 6.04. The first-order valence-electron chi connectivity index (χ1n) is 11.3. The average molecular weight is 491 g/mol. The maximum atomic E-state index is 6.17. The van der Waals surface area contributed by atoms with Gasteiger partial charge in [-0.25, -0.2) is 0 Å². The number of likely N-dealkylation sites (N-methyl/N-ethyl adjacent to an activating group) is 1. The van der Waals surface area contributed by atoms with Crippen molar-refractivity contribution >= 4 is 50.1 Å². The Hall–Kier alpha value is -3.00. The van der Waals surface area contributed by atoms with E-state index in [0.717, 1.165) is 43.1 Å². The fourth-order valence-electron chi connectivity index (χ4n) is 4.15. The molecule has 0 aliphatic heterocycles. The van der Waals surface area contributed by atoms with Crippen LogP contribution in [0.2, 0.25) is 0 Å². The van der Waals surface area contributed by atoms with E-state index in [0.29, 0.717) is 5.11 Å². The molecule has 2 heterocycles. The van der Waals surface area contributed by atoms with Crippen LogP contribution in [0.4, 0.5) is 11.4 Å². The number of methoxy groups -OCH3 is 1. The zero-order valence-electron chi connectivity index (χ0n) is 19.8. The highest BCUT2D eigenvalue weighted by Crippen LogP contribution is 2.36. The number of hydrogen-bond donors (Lipinski definition) is 1. The van der Waals surface area contributed by atoms with Gasteiger partial charge in [0.25, 0.3) is 0 Å². The topological polar surface area (TPSA) is 54.6 Å². The molecule has 0 saturated carbocycles. The molecular weight excluding hydrogens is 460 g/mol. The van der Waals surface area contributed by atoms with E-state index in [1.165, 1.54) is 26.1 Å². The molecule has 0 spiro atoms. The lowest BCUT2D eigenvalue weighted by Crippen LogP contribution is -2.31. The number of hydrogen-bond acceptors (Lipinski definition) is 5. The monoisotopic (exact) mass is 490 g/mol. The first-order valence-corrected chi connectivity index (χ1v) is 12.5. The molecule has 2 N–H and O–H groups in total. The number of rotatable bonds is 9. The number of thiocarbonyl (C=S) groups is 1. The first-order chi connectivity index (χ1) is 16.5. The van der Waals surface area contributed by atoms with Gasteiger partial charge in [-0.05, 0) is 98.0 Å². The minimum absolute atomic E-state index is 0.303. The zero-order valence-corrected chi connectivity index (χ0v) is 21.5. The van der Waals surface area contributed by atoms with Gasteiger partial charge in [0.1, 0.15) is 5.75 Å². The van der Waals surface area contributed by atoms with Gasteiger partial charge in [-0.3, -0.25) is 9.88 Å². The quantitative estimate of drug-likeness (QED) is 0.303. The van der Waals surface area contributed by atoms with Crippen LogP contribution in [0.25, 0.3) is 10.1 Å².